The molecule has 1 heterocycles. The molecule has 0 radical (unpaired) electrons. The second-order valence-electron chi connectivity index (χ2n) is 7.48. The van der Waals surface area contributed by atoms with Crippen LogP contribution in [0.1, 0.15) is 33.3 Å². The Labute approximate surface area is 159 Å². The van der Waals surface area contributed by atoms with Crippen molar-refractivity contribution in [3.8, 4) is 0 Å². The Bertz CT molecular complexity index is 815. The van der Waals surface area contributed by atoms with Crippen LogP contribution in [0, 0.1) is 0 Å². The maximum Gasteiger partial charge on any atom is 0.326 e. The van der Waals surface area contributed by atoms with Gasteiger partial charge in [0.2, 0.25) is 0 Å². The minimum atomic E-state index is -0.680. The van der Waals surface area contributed by atoms with E-state index in [-0.39, 0.29) is 18.1 Å². The van der Waals surface area contributed by atoms with Gasteiger partial charge in [-0.3, -0.25) is 19.3 Å². The number of amidine groups is 1. The lowest BCUT2D eigenvalue weighted by molar-refractivity contribution is -0.156. The smallest absolute Gasteiger partial charge is 0.326 e. The maximum absolute atomic E-state index is 12.7. The SMILES string of the molecule is CC(=O)C1=N/C(=C\c2ccc(N(C)C)cc2)C(=O)N1CC(=O)OC(C)(C)C. The molecule has 1 amide bonds. The van der Waals surface area contributed by atoms with Crippen LogP contribution in [-0.4, -0.2) is 54.6 Å². The Morgan fingerprint density at radius 3 is 2.26 bits per heavy atom. The number of ether oxygens (including phenoxy) is 1. The molecule has 0 fully saturated rings. The topological polar surface area (TPSA) is 79.3 Å². The molecule has 0 spiro atoms. The summed E-state index contributed by atoms with van der Waals surface area (Å²) < 4.78 is 5.24. The zero-order valence-electron chi connectivity index (χ0n) is 16.6. The first-order valence-electron chi connectivity index (χ1n) is 8.60. The van der Waals surface area contributed by atoms with E-state index in [4.69, 9.17) is 4.74 Å². The molecule has 27 heavy (non-hydrogen) atoms. The van der Waals surface area contributed by atoms with Gasteiger partial charge in [0, 0.05) is 26.7 Å². The van der Waals surface area contributed by atoms with Gasteiger partial charge >= 0.3 is 5.97 Å². The maximum atomic E-state index is 12.7. The summed E-state index contributed by atoms with van der Waals surface area (Å²) in [6, 6.07) is 7.55. The van der Waals surface area contributed by atoms with Crippen molar-refractivity contribution in [2.45, 2.75) is 33.3 Å². The lowest BCUT2D eigenvalue weighted by atomic mass is 10.1. The summed E-state index contributed by atoms with van der Waals surface area (Å²) >= 11 is 0. The molecule has 0 saturated heterocycles. The van der Waals surface area contributed by atoms with Gasteiger partial charge in [-0.1, -0.05) is 12.1 Å². The molecule has 1 aliphatic heterocycles. The van der Waals surface area contributed by atoms with Gasteiger partial charge in [-0.25, -0.2) is 4.99 Å². The number of hydrogen-bond donors (Lipinski definition) is 0. The van der Waals surface area contributed by atoms with Crippen molar-refractivity contribution in [1.82, 2.24) is 4.90 Å². The van der Waals surface area contributed by atoms with Crippen LogP contribution in [0.15, 0.2) is 35.0 Å². The van der Waals surface area contributed by atoms with Crippen molar-refractivity contribution in [3.63, 3.8) is 0 Å². The van der Waals surface area contributed by atoms with Gasteiger partial charge in [0.15, 0.2) is 11.6 Å². The molecule has 0 aromatic heterocycles. The van der Waals surface area contributed by atoms with E-state index in [0.717, 1.165) is 16.2 Å². The zero-order chi connectivity index (χ0) is 20.4. The Balaban J connectivity index is 2.25. The Hall–Kier alpha value is -2.96. The van der Waals surface area contributed by atoms with Crippen LogP contribution in [-0.2, 0) is 19.1 Å². The van der Waals surface area contributed by atoms with Gasteiger partial charge in [-0.05, 0) is 44.5 Å². The van der Waals surface area contributed by atoms with E-state index in [1.165, 1.54) is 6.92 Å². The second kappa shape index (κ2) is 7.73. The number of ketones is 1. The van der Waals surface area contributed by atoms with Crippen LogP contribution in [0.5, 0.6) is 0 Å². The van der Waals surface area contributed by atoms with Crippen LogP contribution in [0.25, 0.3) is 6.08 Å². The predicted molar refractivity (Wildman–Crippen MR) is 104 cm³/mol. The lowest BCUT2D eigenvalue weighted by Gasteiger charge is -2.22. The number of amides is 1. The van der Waals surface area contributed by atoms with Crippen molar-refractivity contribution in [1.29, 1.82) is 0 Å². The van der Waals surface area contributed by atoms with Gasteiger partial charge in [-0.2, -0.15) is 0 Å². The van der Waals surface area contributed by atoms with Crippen molar-refractivity contribution in [2.24, 2.45) is 4.99 Å². The zero-order valence-corrected chi connectivity index (χ0v) is 16.6. The van der Waals surface area contributed by atoms with E-state index in [2.05, 4.69) is 4.99 Å². The summed E-state index contributed by atoms with van der Waals surface area (Å²) in [6.45, 7) is 6.16. The minimum Gasteiger partial charge on any atom is -0.459 e. The summed E-state index contributed by atoms with van der Waals surface area (Å²) in [4.78, 5) is 43.8. The van der Waals surface area contributed by atoms with Gasteiger partial charge in [-0.15, -0.1) is 0 Å². The molecule has 1 aromatic rings. The van der Waals surface area contributed by atoms with Crippen LogP contribution >= 0.6 is 0 Å². The fraction of sp³-hybridized carbons (Fsp3) is 0.400. The molecule has 7 nitrogen and oxygen atoms in total. The van der Waals surface area contributed by atoms with E-state index >= 15 is 0 Å². The number of hydrogen-bond acceptors (Lipinski definition) is 6. The Morgan fingerprint density at radius 2 is 1.78 bits per heavy atom. The molecule has 0 aliphatic carbocycles. The molecular weight excluding hydrogens is 346 g/mol. The first-order valence-corrected chi connectivity index (χ1v) is 8.60. The van der Waals surface area contributed by atoms with Gasteiger partial charge in [0.1, 0.15) is 17.8 Å². The highest BCUT2D eigenvalue weighted by Crippen LogP contribution is 2.21. The first kappa shape index (κ1) is 20.4. The molecular formula is C20H25N3O4. The molecule has 7 heteroatoms. The quantitative estimate of drug-likeness (QED) is 0.586. The number of anilines is 1. The highest BCUT2D eigenvalue weighted by Gasteiger charge is 2.35. The van der Waals surface area contributed by atoms with Gasteiger partial charge in [0.05, 0.1) is 0 Å². The average molecular weight is 371 g/mol. The number of nitrogens with zero attached hydrogens (tertiary/aromatic N) is 3. The number of aliphatic imine (C=N–C) groups is 1. The largest absolute Gasteiger partial charge is 0.459 e. The molecule has 0 atom stereocenters. The normalized spacial score (nSPS) is 15.8. The molecule has 1 aromatic carbocycles. The number of rotatable bonds is 5. The third-order valence-corrected chi connectivity index (χ3v) is 3.68. The van der Waals surface area contributed by atoms with Crippen LogP contribution < -0.4 is 4.90 Å². The van der Waals surface area contributed by atoms with E-state index in [1.807, 2.05) is 43.3 Å². The molecule has 0 unspecified atom stereocenters. The van der Waals surface area contributed by atoms with Crippen LogP contribution in [0.3, 0.4) is 0 Å². The number of benzene rings is 1. The standard InChI is InChI=1S/C20H25N3O4/c1-13(24)18-21-16(11-14-7-9-15(10-8-14)22(5)6)19(26)23(18)12-17(25)27-20(2,3)4/h7-11H,12H2,1-6H3/b16-11-. The first-order chi connectivity index (χ1) is 12.5. The van der Waals surface area contributed by atoms with E-state index in [0.29, 0.717) is 0 Å². The van der Waals surface area contributed by atoms with Crippen molar-refractivity contribution in [3.05, 3.63) is 35.5 Å². The molecule has 144 valence electrons. The van der Waals surface area contributed by atoms with Crippen molar-refractivity contribution >= 4 is 35.3 Å². The van der Waals surface area contributed by atoms with E-state index in [9.17, 15) is 14.4 Å². The Morgan fingerprint density at radius 1 is 1.19 bits per heavy atom. The molecule has 0 N–H and O–H groups in total. The molecule has 0 bridgehead atoms. The highest BCUT2D eigenvalue weighted by molar-refractivity contribution is 6.44. The monoisotopic (exact) mass is 371 g/mol. The molecule has 1 aliphatic rings. The molecule has 0 saturated carbocycles. The predicted octanol–water partition coefficient (Wildman–Crippen LogP) is 2.26. The second-order valence-corrected chi connectivity index (χ2v) is 7.48. The van der Waals surface area contributed by atoms with Gasteiger partial charge < -0.3 is 9.64 Å². The number of carbonyl (C=O) groups is 3. The Kier molecular flexibility index (Phi) is 5.83. The highest BCUT2D eigenvalue weighted by atomic mass is 16.6. The van der Waals surface area contributed by atoms with Crippen molar-refractivity contribution in [2.75, 3.05) is 25.5 Å². The summed E-state index contributed by atoms with van der Waals surface area (Å²) in [5.74, 6) is -1.54. The number of esters is 1. The average Bonchev–Trinajstić information content (AvgIpc) is 2.83. The summed E-state index contributed by atoms with van der Waals surface area (Å²) in [7, 11) is 3.87. The van der Waals surface area contributed by atoms with Crippen LogP contribution in [0.2, 0.25) is 0 Å². The lowest BCUT2D eigenvalue weighted by Crippen LogP contribution is -2.41. The van der Waals surface area contributed by atoms with Crippen LogP contribution in [0.4, 0.5) is 5.69 Å². The fourth-order valence-electron chi connectivity index (χ4n) is 2.50. The minimum absolute atomic E-state index is 0.0537. The van der Waals surface area contributed by atoms with Gasteiger partial charge in [0.25, 0.3) is 5.91 Å². The third kappa shape index (κ3) is 5.26. The van der Waals surface area contributed by atoms with E-state index < -0.39 is 23.3 Å². The summed E-state index contributed by atoms with van der Waals surface area (Å²) in [6.07, 6.45) is 1.60. The summed E-state index contributed by atoms with van der Waals surface area (Å²) in [5.41, 5.74) is 1.23. The molecule has 2 rings (SSSR count). The van der Waals surface area contributed by atoms with Crippen molar-refractivity contribution < 1.29 is 19.1 Å². The number of carbonyl (C=O) groups excluding carboxylic acids is 3. The third-order valence-electron chi connectivity index (χ3n) is 3.68. The fourth-order valence-corrected chi connectivity index (χ4v) is 2.50. The van der Waals surface area contributed by atoms with E-state index in [1.54, 1.807) is 26.8 Å². The number of Topliss-reactive ketones (excluding diaryl/α,β-unsaturated/α-hetero) is 1. The summed E-state index contributed by atoms with van der Waals surface area (Å²) in [5, 5.41) is 0.